The molecule has 2 saturated heterocycles. The topological polar surface area (TPSA) is 32.3 Å². The summed E-state index contributed by atoms with van der Waals surface area (Å²) in [5.74, 6) is 2.69. The molecule has 4 heteroatoms. The maximum atomic E-state index is 12.4. The monoisotopic (exact) mass is 282 g/mol. The number of hydrogen-bond acceptors (Lipinski definition) is 3. The van der Waals surface area contributed by atoms with Crippen molar-refractivity contribution in [3.05, 3.63) is 0 Å². The Kier molecular flexibility index (Phi) is 4.37. The molecule has 0 radical (unpaired) electrons. The molecule has 1 aliphatic carbocycles. The average Bonchev–Trinajstić information content (AvgIpc) is 2.85. The second-order valence-electron chi connectivity index (χ2n) is 6.56. The normalized spacial score (nSPS) is 30.7. The molecule has 108 valence electrons. The van der Waals surface area contributed by atoms with Crippen molar-refractivity contribution in [1.82, 2.24) is 10.2 Å². The van der Waals surface area contributed by atoms with E-state index in [1.54, 1.807) is 0 Å². The van der Waals surface area contributed by atoms with Gasteiger partial charge in [-0.25, -0.2) is 0 Å². The number of nitrogens with zero attached hydrogens (tertiary/aromatic N) is 1. The van der Waals surface area contributed by atoms with Gasteiger partial charge in [0, 0.05) is 43.6 Å². The lowest BCUT2D eigenvalue weighted by molar-refractivity contribution is -0.131. The maximum Gasteiger partial charge on any atom is 0.224 e. The van der Waals surface area contributed by atoms with Crippen LogP contribution in [0.15, 0.2) is 0 Å². The van der Waals surface area contributed by atoms with Gasteiger partial charge in [-0.2, -0.15) is 11.8 Å². The predicted molar refractivity (Wildman–Crippen MR) is 80.4 cm³/mol. The summed E-state index contributed by atoms with van der Waals surface area (Å²) in [4.78, 5) is 14.6. The Morgan fingerprint density at radius 2 is 2.11 bits per heavy atom. The van der Waals surface area contributed by atoms with E-state index in [1.165, 1.54) is 44.3 Å². The van der Waals surface area contributed by atoms with Crippen molar-refractivity contribution in [2.75, 3.05) is 31.1 Å². The van der Waals surface area contributed by atoms with Crippen molar-refractivity contribution in [3.63, 3.8) is 0 Å². The van der Waals surface area contributed by atoms with Crippen molar-refractivity contribution >= 4 is 17.7 Å². The summed E-state index contributed by atoms with van der Waals surface area (Å²) in [6.45, 7) is 3.12. The summed E-state index contributed by atoms with van der Waals surface area (Å²) in [6.07, 6.45) is 8.84. The minimum absolute atomic E-state index is 0.391. The lowest BCUT2D eigenvalue weighted by Gasteiger charge is -2.33. The van der Waals surface area contributed by atoms with Gasteiger partial charge >= 0.3 is 0 Å². The van der Waals surface area contributed by atoms with Crippen molar-refractivity contribution in [3.8, 4) is 0 Å². The van der Waals surface area contributed by atoms with Crippen molar-refractivity contribution < 1.29 is 4.79 Å². The molecule has 0 aromatic heterocycles. The Labute approximate surface area is 120 Å². The predicted octanol–water partition coefficient (Wildman–Crippen LogP) is 2.26. The van der Waals surface area contributed by atoms with E-state index >= 15 is 0 Å². The molecule has 3 aliphatic rings. The highest BCUT2D eigenvalue weighted by atomic mass is 32.2. The van der Waals surface area contributed by atoms with Crippen LogP contribution in [0.25, 0.3) is 0 Å². The number of hydrogen-bond donors (Lipinski definition) is 1. The van der Waals surface area contributed by atoms with Gasteiger partial charge < -0.3 is 10.2 Å². The first-order valence-electron chi connectivity index (χ1n) is 7.86. The highest BCUT2D eigenvalue weighted by Gasteiger charge is 2.40. The molecule has 19 heavy (non-hydrogen) atoms. The molecule has 0 aromatic rings. The van der Waals surface area contributed by atoms with Crippen LogP contribution in [-0.2, 0) is 4.79 Å². The van der Waals surface area contributed by atoms with Crippen LogP contribution in [0.2, 0.25) is 0 Å². The Balaban J connectivity index is 1.50. The largest absolute Gasteiger partial charge is 0.342 e. The first-order chi connectivity index (χ1) is 9.27. The molecule has 3 nitrogen and oxygen atoms in total. The van der Waals surface area contributed by atoms with E-state index in [4.69, 9.17) is 0 Å². The molecule has 1 N–H and O–H groups in total. The van der Waals surface area contributed by atoms with Gasteiger partial charge in [0.25, 0.3) is 0 Å². The number of rotatable bonds is 2. The van der Waals surface area contributed by atoms with E-state index in [-0.39, 0.29) is 0 Å². The Hall–Kier alpha value is -0.220. The third-order valence-corrected chi connectivity index (χ3v) is 6.26. The third-order valence-electron chi connectivity index (χ3n) is 5.12. The molecule has 1 atom stereocenters. The van der Waals surface area contributed by atoms with E-state index in [0.717, 1.165) is 25.4 Å². The summed E-state index contributed by atoms with van der Waals surface area (Å²) >= 11 is 1.98. The van der Waals surface area contributed by atoms with Gasteiger partial charge in [0.15, 0.2) is 0 Å². The molecule has 2 heterocycles. The van der Waals surface area contributed by atoms with Crippen LogP contribution in [0.5, 0.6) is 0 Å². The lowest BCUT2D eigenvalue weighted by Crippen LogP contribution is -2.42. The number of carbonyl (C=O) groups is 1. The Morgan fingerprint density at radius 3 is 2.84 bits per heavy atom. The van der Waals surface area contributed by atoms with Gasteiger partial charge in [-0.15, -0.1) is 0 Å². The van der Waals surface area contributed by atoms with E-state index in [1.807, 2.05) is 11.8 Å². The van der Waals surface area contributed by atoms with Crippen molar-refractivity contribution in [2.24, 2.45) is 5.41 Å². The fourth-order valence-electron chi connectivity index (χ4n) is 3.95. The van der Waals surface area contributed by atoms with E-state index in [9.17, 15) is 4.79 Å². The lowest BCUT2D eigenvalue weighted by atomic mass is 9.73. The number of likely N-dealkylation sites (tertiary alicyclic amines) is 1. The van der Waals surface area contributed by atoms with Gasteiger partial charge in [-0.1, -0.05) is 19.3 Å². The van der Waals surface area contributed by atoms with Crippen LogP contribution >= 0.6 is 11.8 Å². The van der Waals surface area contributed by atoms with E-state index in [0.29, 0.717) is 23.8 Å². The molecule has 0 bridgehead atoms. The first-order valence-corrected chi connectivity index (χ1v) is 9.02. The second-order valence-corrected chi connectivity index (χ2v) is 7.71. The summed E-state index contributed by atoms with van der Waals surface area (Å²) < 4.78 is 0. The molecule has 2 aliphatic heterocycles. The van der Waals surface area contributed by atoms with Gasteiger partial charge in [0.1, 0.15) is 0 Å². The molecule has 0 aromatic carbocycles. The molecular weight excluding hydrogens is 256 g/mol. The van der Waals surface area contributed by atoms with Crippen LogP contribution in [0, 0.1) is 5.41 Å². The van der Waals surface area contributed by atoms with Crippen LogP contribution in [0.4, 0.5) is 0 Å². The van der Waals surface area contributed by atoms with Crippen LogP contribution in [0.1, 0.15) is 44.9 Å². The zero-order valence-electron chi connectivity index (χ0n) is 11.8. The fourth-order valence-corrected chi connectivity index (χ4v) is 4.90. The molecule has 3 fully saturated rings. The van der Waals surface area contributed by atoms with E-state index < -0.39 is 0 Å². The smallest absolute Gasteiger partial charge is 0.224 e. The number of nitrogens with one attached hydrogen (secondary N) is 1. The molecule has 1 amide bonds. The summed E-state index contributed by atoms with van der Waals surface area (Å²) in [5.41, 5.74) is 0.503. The summed E-state index contributed by atoms with van der Waals surface area (Å²) in [5, 5.41) is 3.48. The quantitative estimate of drug-likeness (QED) is 0.843. The van der Waals surface area contributed by atoms with Gasteiger partial charge in [-0.05, 0) is 24.7 Å². The first kappa shape index (κ1) is 13.7. The fraction of sp³-hybridized carbons (Fsp3) is 0.933. The molecule has 1 unspecified atom stereocenters. The minimum Gasteiger partial charge on any atom is -0.342 e. The highest BCUT2D eigenvalue weighted by Crippen LogP contribution is 2.43. The molecule has 3 rings (SSSR count). The average molecular weight is 282 g/mol. The molecule has 1 saturated carbocycles. The van der Waals surface area contributed by atoms with Crippen LogP contribution in [-0.4, -0.2) is 48.0 Å². The van der Waals surface area contributed by atoms with E-state index in [2.05, 4.69) is 10.2 Å². The standard InChI is InChI=1S/C15H26N2OS/c18-14(10-13-11-19-9-7-16-13)17-8-6-15(12-17)4-2-1-3-5-15/h13,16H,1-12H2. The number of amides is 1. The highest BCUT2D eigenvalue weighted by molar-refractivity contribution is 7.99. The zero-order chi connectivity index (χ0) is 13.1. The second kappa shape index (κ2) is 6.04. The summed E-state index contributed by atoms with van der Waals surface area (Å²) in [6, 6.07) is 0.411. The Bertz CT molecular complexity index is 322. The minimum atomic E-state index is 0.391. The summed E-state index contributed by atoms with van der Waals surface area (Å²) in [7, 11) is 0. The number of thioether (sulfide) groups is 1. The van der Waals surface area contributed by atoms with Gasteiger partial charge in [-0.3, -0.25) is 4.79 Å². The third kappa shape index (κ3) is 3.27. The van der Waals surface area contributed by atoms with Crippen molar-refractivity contribution in [1.29, 1.82) is 0 Å². The number of carbonyl (C=O) groups excluding carboxylic acids is 1. The molecule has 1 spiro atoms. The Morgan fingerprint density at radius 1 is 1.26 bits per heavy atom. The van der Waals surface area contributed by atoms with Gasteiger partial charge in [0.2, 0.25) is 5.91 Å². The van der Waals surface area contributed by atoms with Crippen LogP contribution < -0.4 is 5.32 Å². The maximum absolute atomic E-state index is 12.4. The van der Waals surface area contributed by atoms with Crippen LogP contribution in [0.3, 0.4) is 0 Å². The zero-order valence-corrected chi connectivity index (χ0v) is 12.6. The SMILES string of the molecule is O=C(CC1CSCCN1)N1CCC2(CCCCC2)C1. The molecular formula is C15H26N2OS. The van der Waals surface area contributed by atoms with Crippen molar-refractivity contribution in [2.45, 2.75) is 51.0 Å². The van der Waals surface area contributed by atoms with Gasteiger partial charge in [0.05, 0.1) is 0 Å².